The third-order valence-corrected chi connectivity index (χ3v) is 6.43. The molecule has 23 heavy (non-hydrogen) atoms. The molecule has 0 fully saturated rings. The smallest absolute Gasteiger partial charge is 0.178 e. The topological polar surface area (TPSA) is 34.1 Å². The highest BCUT2D eigenvalue weighted by molar-refractivity contribution is 7.91. The van der Waals surface area contributed by atoms with Crippen molar-refractivity contribution in [3.05, 3.63) is 65.2 Å². The molecule has 0 atom stereocenters. The monoisotopic (exact) mass is 326 g/mol. The van der Waals surface area contributed by atoms with E-state index >= 15 is 0 Å². The minimum atomic E-state index is -3.17. The highest BCUT2D eigenvalue weighted by Gasteiger charge is 2.35. The summed E-state index contributed by atoms with van der Waals surface area (Å²) in [6.45, 7) is 6.26. The van der Waals surface area contributed by atoms with Crippen molar-refractivity contribution in [2.24, 2.45) is 0 Å². The molecule has 3 rings (SSSR count). The molecule has 0 aromatic heterocycles. The summed E-state index contributed by atoms with van der Waals surface area (Å²) in [5.74, 6) is 0.234. The minimum absolute atomic E-state index is 0.0871. The molecule has 0 aliphatic carbocycles. The van der Waals surface area contributed by atoms with Crippen molar-refractivity contribution in [1.82, 2.24) is 0 Å². The number of allylic oxidation sites excluding steroid dienone is 1. The van der Waals surface area contributed by atoms with Crippen LogP contribution in [0.2, 0.25) is 0 Å². The SMILES string of the molecule is C/C(=C\c1ccccc1)c1ccc2c(c1)S(=O)(=O)CCC2(C)C. The molecule has 0 spiro atoms. The van der Waals surface area contributed by atoms with Gasteiger partial charge in [-0.25, -0.2) is 8.42 Å². The van der Waals surface area contributed by atoms with Gasteiger partial charge < -0.3 is 0 Å². The number of hydrogen-bond donors (Lipinski definition) is 0. The van der Waals surface area contributed by atoms with Crippen LogP contribution >= 0.6 is 0 Å². The first-order chi connectivity index (χ1) is 10.8. The lowest BCUT2D eigenvalue weighted by molar-refractivity contribution is 0.473. The van der Waals surface area contributed by atoms with Crippen LogP contribution in [0.4, 0.5) is 0 Å². The fourth-order valence-electron chi connectivity index (χ4n) is 3.10. The summed E-state index contributed by atoms with van der Waals surface area (Å²) >= 11 is 0. The Kier molecular flexibility index (Phi) is 3.93. The lowest BCUT2D eigenvalue weighted by Crippen LogP contribution is -2.30. The van der Waals surface area contributed by atoms with Gasteiger partial charge in [-0.1, -0.05) is 62.4 Å². The van der Waals surface area contributed by atoms with E-state index in [0.717, 1.165) is 22.3 Å². The van der Waals surface area contributed by atoms with E-state index in [-0.39, 0.29) is 11.2 Å². The predicted octanol–water partition coefficient (Wildman–Crippen LogP) is 4.70. The van der Waals surface area contributed by atoms with Gasteiger partial charge in [0.15, 0.2) is 9.84 Å². The fraction of sp³-hybridized carbons (Fsp3) is 0.300. The van der Waals surface area contributed by atoms with Crippen molar-refractivity contribution in [3.8, 4) is 0 Å². The number of hydrogen-bond acceptors (Lipinski definition) is 2. The van der Waals surface area contributed by atoms with Crippen LogP contribution in [0.15, 0.2) is 53.4 Å². The summed E-state index contributed by atoms with van der Waals surface area (Å²) in [4.78, 5) is 0.507. The predicted molar refractivity (Wildman–Crippen MR) is 96.1 cm³/mol. The zero-order valence-electron chi connectivity index (χ0n) is 13.8. The maximum atomic E-state index is 12.5. The van der Waals surface area contributed by atoms with Gasteiger partial charge in [-0.15, -0.1) is 0 Å². The second-order valence-corrected chi connectivity index (χ2v) is 8.98. The molecule has 0 saturated heterocycles. The van der Waals surface area contributed by atoms with E-state index in [0.29, 0.717) is 11.3 Å². The van der Waals surface area contributed by atoms with Gasteiger partial charge in [0.1, 0.15) is 0 Å². The van der Waals surface area contributed by atoms with Crippen LogP contribution < -0.4 is 0 Å². The molecule has 1 heterocycles. The van der Waals surface area contributed by atoms with Crippen molar-refractivity contribution in [2.45, 2.75) is 37.5 Å². The highest BCUT2D eigenvalue weighted by Crippen LogP contribution is 2.39. The van der Waals surface area contributed by atoms with Crippen LogP contribution in [0.3, 0.4) is 0 Å². The highest BCUT2D eigenvalue weighted by atomic mass is 32.2. The summed E-state index contributed by atoms with van der Waals surface area (Å²) in [5, 5.41) is 0. The van der Waals surface area contributed by atoms with E-state index in [1.807, 2.05) is 55.5 Å². The number of rotatable bonds is 2. The van der Waals surface area contributed by atoms with Crippen molar-refractivity contribution in [2.75, 3.05) is 5.75 Å². The Morgan fingerprint density at radius 3 is 2.48 bits per heavy atom. The summed E-state index contributed by atoms with van der Waals surface area (Å²) in [6.07, 6.45) is 2.77. The van der Waals surface area contributed by atoms with Crippen LogP contribution in [-0.4, -0.2) is 14.2 Å². The molecule has 0 radical (unpaired) electrons. The standard InChI is InChI=1S/C20H22O2S/c1-15(13-16-7-5-4-6-8-16)17-9-10-18-19(14-17)23(21,22)12-11-20(18,2)3/h4-10,13-14H,11-12H2,1-3H3/b15-13+. The Balaban J connectivity index is 2.09. The lowest BCUT2D eigenvalue weighted by Gasteiger charge is -2.32. The molecular formula is C20H22O2S. The van der Waals surface area contributed by atoms with Gasteiger partial charge in [-0.05, 0) is 47.1 Å². The Morgan fingerprint density at radius 1 is 1.09 bits per heavy atom. The maximum absolute atomic E-state index is 12.5. The average Bonchev–Trinajstić information content (AvgIpc) is 2.52. The van der Waals surface area contributed by atoms with Crippen LogP contribution in [0.25, 0.3) is 11.6 Å². The van der Waals surface area contributed by atoms with Crippen molar-refractivity contribution >= 4 is 21.5 Å². The van der Waals surface area contributed by atoms with Crippen LogP contribution in [0.1, 0.15) is 43.9 Å². The maximum Gasteiger partial charge on any atom is 0.178 e. The second kappa shape index (κ2) is 5.64. The molecule has 2 nitrogen and oxygen atoms in total. The first-order valence-electron chi connectivity index (χ1n) is 7.91. The van der Waals surface area contributed by atoms with E-state index in [4.69, 9.17) is 0 Å². The molecule has 0 amide bonds. The largest absolute Gasteiger partial charge is 0.224 e. The number of benzene rings is 2. The van der Waals surface area contributed by atoms with E-state index in [9.17, 15) is 8.42 Å². The number of sulfone groups is 1. The Morgan fingerprint density at radius 2 is 1.78 bits per heavy atom. The van der Waals surface area contributed by atoms with Crippen molar-refractivity contribution in [1.29, 1.82) is 0 Å². The molecular weight excluding hydrogens is 304 g/mol. The molecule has 120 valence electrons. The van der Waals surface area contributed by atoms with Gasteiger partial charge >= 0.3 is 0 Å². The average molecular weight is 326 g/mol. The van der Waals surface area contributed by atoms with E-state index < -0.39 is 9.84 Å². The summed E-state index contributed by atoms with van der Waals surface area (Å²) < 4.78 is 24.9. The molecule has 1 aliphatic heterocycles. The van der Waals surface area contributed by atoms with E-state index in [1.165, 1.54) is 0 Å². The Labute approximate surface area is 138 Å². The van der Waals surface area contributed by atoms with E-state index in [1.54, 1.807) is 0 Å². The summed E-state index contributed by atoms with van der Waals surface area (Å²) in [7, 11) is -3.17. The lowest BCUT2D eigenvalue weighted by atomic mass is 9.81. The molecule has 0 unspecified atom stereocenters. The molecule has 0 saturated carbocycles. The third-order valence-electron chi connectivity index (χ3n) is 4.68. The molecule has 2 aromatic carbocycles. The first kappa shape index (κ1) is 16.0. The van der Waals surface area contributed by atoms with Crippen molar-refractivity contribution < 1.29 is 8.42 Å². The van der Waals surface area contributed by atoms with E-state index in [2.05, 4.69) is 19.9 Å². The van der Waals surface area contributed by atoms with Crippen LogP contribution in [0.5, 0.6) is 0 Å². The van der Waals surface area contributed by atoms with Gasteiger partial charge in [-0.2, -0.15) is 0 Å². The van der Waals surface area contributed by atoms with Gasteiger partial charge in [0, 0.05) is 0 Å². The summed E-state index contributed by atoms with van der Waals surface area (Å²) in [5.41, 5.74) is 4.01. The normalized spacial score (nSPS) is 19.2. The molecule has 1 aliphatic rings. The Hall–Kier alpha value is -1.87. The zero-order chi connectivity index (χ0) is 16.7. The molecule has 3 heteroatoms. The minimum Gasteiger partial charge on any atom is -0.224 e. The molecule has 0 bridgehead atoms. The van der Waals surface area contributed by atoms with Crippen molar-refractivity contribution in [3.63, 3.8) is 0 Å². The third kappa shape index (κ3) is 3.11. The van der Waals surface area contributed by atoms with Gasteiger partial charge in [0.25, 0.3) is 0 Å². The van der Waals surface area contributed by atoms with Crippen LogP contribution in [-0.2, 0) is 15.3 Å². The Bertz CT molecular complexity index is 860. The fourth-order valence-corrected chi connectivity index (χ4v) is 5.09. The van der Waals surface area contributed by atoms with Crippen LogP contribution in [0, 0.1) is 0 Å². The van der Waals surface area contributed by atoms with Gasteiger partial charge in [0.2, 0.25) is 0 Å². The first-order valence-corrected chi connectivity index (χ1v) is 9.56. The number of fused-ring (bicyclic) bond motifs is 1. The molecule has 2 aromatic rings. The van der Waals surface area contributed by atoms with Gasteiger partial charge in [-0.3, -0.25) is 0 Å². The zero-order valence-corrected chi connectivity index (χ0v) is 14.7. The second-order valence-electron chi connectivity index (χ2n) is 6.90. The quantitative estimate of drug-likeness (QED) is 0.750. The van der Waals surface area contributed by atoms with Gasteiger partial charge in [0.05, 0.1) is 10.6 Å². The molecule has 0 N–H and O–H groups in total. The summed E-state index contributed by atoms with van der Waals surface area (Å²) in [6, 6.07) is 15.9.